The molecule has 0 amide bonds. The molecular weight excluding hydrogens is 509 g/mol. The molecule has 0 aliphatic carbocycles. The van der Waals surface area contributed by atoms with Gasteiger partial charge in [0.1, 0.15) is 0 Å². The summed E-state index contributed by atoms with van der Waals surface area (Å²) in [6.07, 6.45) is -7.06. The summed E-state index contributed by atoms with van der Waals surface area (Å²) in [5.41, 5.74) is 0. The number of carbonyl (C=O) groups is 6. The molecule has 5 atom stereocenters. The Morgan fingerprint density at radius 1 is 0.469 bits per heavy atom. The van der Waals surface area contributed by atoms with E-state index in [4.69, 9.17) is 24.1 Å². The predicted molar refractivity (Wildman–Crippen MR) is 100 cm³/mol. The molecular formula is C19H28O12Y. The minimum Gasteiger partial charge on any atom is -0.479 e. The second kappa shape index (κ2) is 14.9. The molecule has 0 unspecified atom stereocenters. The molecule has 179 valence electrons. The molecule has 0 aromatic carbocycles. The fourth-order valence-electron chi connectivity index (χ4n) is 1.63. The number of carbonyl (C=O) groups excluding carboxylic acids is 5. The van der Waals surface area contributed by atoms with Gasteiger partial charge in [-0.15, -0.1) is 0 Å². The molecule has 13 heteroatoms. The van der Waals surface area contributed by atoms with E-state index in [1.54, 1.807) is 13.8 Å². The Labute approximate surface area is 210 Å². The van der Waals surface area contributed by atoms with Crippen molar-refractivity contribution in [3.8, 4) is 0 Å². The van der Waals surface area contributed by atoms with Gasteiger partial charge in [-0.05, 0) is 34.6 Å². The van der Waals surface area contributed by atoms with Crippen LogP contribution < -0.4 is 0 Å². The number of rotatable bonds is 11. The van der Waals surface area contributed by atoms with Crippen LogP contribution in [0.4, 0.5) is 0 Å². The van der Waals surface area contributed by atoms with Gasteiger partial charge in [0.2, 0.25) is 0 Å². The molecule has 0 aromatic heterocycles. The Kier molecular flexibility index (Phi) is 14.9. The maximum absolute atomic E-state index is 12.0. The molecule has 1 radical (unpaired) electrons. The van der Waals surface area contributed by atoms with Gasteiger partial charge >= 0.3 is 35.8 Å². The molecule has 0 saturated heterocycles. The first-order valence-electron chi connectivity index (χ1n) is 9.42. The first-order chi connectivity index (χ1) is 14.2. The van der Waals surface area contributed by atoms with Crippen LogP contribution >= 0.6 is 0 Å². The third-order valence-corrected chi connectivity index (χ3v) is 3.61. The zero-order valence-electron chi connectivity index (χ0n) is 19.0. The van der Waals surface area contributed by atoms with Gasteiger partial charge in [0, 0.05) is 32.7 Å². The maximum atomic E-state index is 12.0. The second-order valence-electron chi connectivity index (χ2n) is 6.89. The smallest absolute Gasteiger partial charge is 0.347 e. The quantitative estimate of drug-likeness (QED) is 0.285. The average molecular weight is 537 g/mol. The van der Waals surface area contributed by atoms with Gasteiger partial charge in [-0.25, -0.2) is 24.0 Å². The van der Waals surface area contributed by atoms with E-state index in [1.165, 1.54) is 13.8 Å². The average Bonchev–Trinajstić information content (AvgIpc) is 2.66. The van der Waals surface area contributed by atoms with E-state index in [2.05, 4.69) is 4.74 Å². The van der Waals surface area contributed by atoms with Crippen molar-refractivity contribution in [2.24, 2.45) is 5.92 Å². The van der Waals surface area contributed by atoms with Crippen molar-refractivity contribution in [1.82, 2.24) is 0 Å². The number of carboxylic acids is 1. The molecule has 0 bridgehead atoms. The molecule has 0 aliphatic heterocycles. The number of aliphatic carboxylic acids is 1. The number of carboxylic acid groups (broad SMARTS) is 1. The van der Waals surface area contributed by atoms with Crippen molar-refractivity contribution in [2.75, 3.05) is 0 Å². The third kappa shape index (κ3) is 11.5. The topological polar surface area (TPSA) is 169 Å². The minimum absolute atomic E-state index is 0. The predicted octanol–water partition coefficient (Wildman–Crippen LogP) is 0.383. The van der Waals surface area contributed by atoms with Crippen LogP contribution in [0.2, 0.25) is 0 Å². The van der Waals surface area contributed by atoms with E-state index in [9.17, 15) is 28.8 Å². The molecule has 32 heavy (non-hydrogen) atoms. The summed E-state index contributed by atoms with van der Waals surface area (Å²) in [6.45, 7) is 9.02. The summed E-state index contributed by atoms with van der Waals surface area (Å²) >= 11 is 0. The molecule has 0 heterocycles. The van der Waals surface area contributed by atoms with Crippen LogP contribution in [0.3, 0.4) is 0 Å². The van der Waals surface area contributed by atoms with E-state index < -0.39 is 72.3 Å². The summed E-state index contributed by atoms with van der Waals surface area (Å²) < 4.78 is 23.9. The zero-order valence-corrected chi connectivity index (χ0v) is 21.8. The summed E-state index contributed by atoms with van der Waals surface area (Å²) in [6, 6.07) is 0. The van der Waals surface area contributed by atoms with E-state index in [-0.39, 0.29) is 32.7 Å². The van der Waals surface area contributed by atoms with Crippen LogP contribution in [-0.2, 0) is 85.2 Å². The van der Waals surface area contributed by atoms with E-state index in [0.29, 0.717) is 0 Å². The normalized spacial score (nSPS) is 15.0. The second-order valence-corrected chi connectivity index (χ2v) is 6.89. The van der Waals surface area contributed by atoms with Gasteiger partial charge in [0.15, 0.2) is 30.5 Å². The van der Waals surface area contributed by atoms with Crippen molar-refractivity contribution in [1.29, 1.82) is 0 Å². The Bertz CT molecular complexity index is 704. The Morgan fingerprint density at radius 2 is 0.688 bits per heavy atom. The summed E-state index contributed by atoms with van der Waals surface area (Å²) in [5, 5.41) is 8.69. The summed E-state index contributed by atoms with van der Waals surface area (Å²) in [4.78, 5) is 69.7. The number of esters is 5. The van der Waals surface area contributed by atoms with Crippen molar-refractivity contribution >= 4 is 35.8 Å². The number of hydrogen-bond acceptors (Lipinski definition) is 11. The molecule has 0 saturated carbocycles. The van der Waals surface area contributed by atoms with E-state index in [1.807, 2.05) is 0 Å². The van der Waals surface area contributed by atoms with Crippen molar-refractivity contribution in [3.63, 3.8) is 0 Å². The van der Waals surface area contributed by atoms with Crippen LogP contribution in [0.5, 0.6) is 0 Å². The largest absolute Gasteiger partial charge is 0.479 e. The molecule has 0 fully saturated rings. The van der Waals surface area contributed by atoms with Crippen molar-refractivity contribution in [2.45, 2.75) is 79.0 Å². The fraction of sp³-hybridized carbons (Fsp3) is 0.684. The molecule has 0 rings (SSSR count). The Morgan fingerprint density at radius 3 is 0.906 bits per heavy atom. The van der Waals surface area contributed by atoms with Gasteiger partial charge in [-0.2, -0.15) is 0 Å². The first kappa shape index (κ1) is 32.1. The monoisotopic (exact) mass is 537 g/mol. The van der Waals surface area contributed by atoms with Crippen LogP contribution in [-0.4, -0.2) is 71.4 Å². The standard InChI is InChI=1S/C19H28O12.Y/c1-8(2)15(22)28-10(4)17(24)30-12(6)19(26)31-13(7)18(25)29-11(5)16(23)27-9(3)14(20)21;/h8-13H,1-7H3,(H,20,21);/t9-,10-,11-,12-,13-;/m0./s1. The zero-order chi connectivity index (χ0) is 24.5. The van der Waals surface area contributed by atoms with Gasteiger partial charge in [0.25, 0.3) is 0 Å². The molecule has 1 N–H and O–H groups in total. The third-order valence-electron chi connectivity index (χ3n) is 3.61. The van der Waals surface area contributed by atoms with Gasteiger partial charge in [0.05, 0.1) is 5.92 Å². The SMILES string of the molecule is CC(C)C(=O)O[C@@H](C)C(=O)O[C@@H](C)C(=O)O[C@@H](C)C(=O)O[C@@H](C)C(=O)O[C@@H](C)C(=O)O.[Y]. The molecule has 0 aliphatic rings. The van der Waals surface area contributed by atoms with E-state index in [0.717, 1.165) is 20.8 Å². The summed E-state index contributed by atoms with van der Waals surface area (Å²) in [7, 11) is 0. The van der Waals surface area contributed by atoms with Gasteiger partial charge in [-0.1, -0.05) is 13.8 Å². The van der Waals surface area contributed by atoms with Crippen LogP contribution in [0.15, 0.2) is 0 Å². The number of hydrogen-bond donors (Lipinski definition) is 1. The first-order valence-corrected chi connectivity index (χ1v) is 9.42. The maximum Gasteiger partial charge on any atom is 0.347 e. The Hall–Kier alpha value is -2.08. The van der Waals surface area contributed by atoms with Crippen LogP contribution in [0.25, 0.3) is 0 Å². The summed E-state index contributed by atoms with van der Waals surface area (Å²) in [5.74, 6) is -6.76. The van der Waals surface area contributed by atoms with Crippen LogP contribution in [0, 0.1) is 5.92 Å². The Balaban J connectivity index is 0. The van der Waals surface area contributed by atoms with Crippen LogP contribution in [0.1, 0.15) is 48.5 Å². The molecule has 0 spiro atoms. The molecule has 0 aromatic rings. The molecule has 12 nitrogen and oxygen atoms in total. The van der Waals surface area contributed by atoms with Gasteiger partial charge < -0.3 is 28.8 Å². The van der Waals surface area contributed by atoms with Gasteiger partial charge in [-0.3, -0.25) is 4.79 Å². The minimum atomic E-state index is -1.48. The van der Waals surface area contributed by atoms with Crippen molar-refractivity contribution in [3.05, 3.63) is 0 Å². The fourth-order valence-corrected chi connectivity index (χ4v) is 1.63. The van der Waals surface area contributed by atoms with E-state index >= 15 is 0 Å². The number of ether oxygens (including phenoxy) is 5. The van der Waals surface area contributed by atoms with Crippen molar-refractivity contribution < 1.29 is 90.3 Å².